The van der Waals surface area contributed by atoms with Crippen LogP contribution in [0.15, 0.2) is 18.2 Å². The Kier molecular flexibility index (Phi) is 5.05. The predicted octanol–water partition coefficient (Wildman–Crippen LogP) is 2.86. The van der Waals surface area contributed by atoms with E-state index >= 15 is 0 Å². The smallest absolute Gasteiger partial charge is 0.269 e. The number of hydrogen-bond donors (Lipinski definition) is 3. The van der Waals surface area contributed by atoms with Crippen LogP contribution in [0.4, 0.5) is 11.5 Å². The van der Waals surface area contributed by atoms with Crippen LogP contribution in [-0.2, 0) is 11.3 Å². The molecular weight excluding hydrogens is 414 g/mol. The lowest BCUT2D eigenvalue weighted by molar-refractivity contribution is 0.0331. The second-order valence-electron chi connectivity index (χ2n) is 7.66. The fraction of sp³-hybridized carbons (Fsp3) is 0.333. The number of nitrogens with one attached hydrogen (secondary N) is 2. The minimum absolute atomic E-state index is 0.224. The Morgan fingerprint density at radius 1 is 1.29 bits per heavy atom. The summed E-state index contributed by atoms with van der Waals surface area (Å²) < 4.78 is 5.45. The molecule has 0 aliphatic carbocycles. The maximum absolute atomic E-state index is 11.7. The van der Waals surface area contributed by atoms with E-state index in [4.69, 9.17) is 20.4 Å². The molecule has 1 fully saturated rings. The Labute approximate surface area is 182 Å². The number of benzene rings is 1. The number of carbonyl (C=O) groups excluding carboxylic acids is 1. The van der Waals surface area contributed by atoms with Crippen molar-refractivity contribution in [3.05, 3.63) is 40.2 Å². The molecule has 1 aliphatic heterocycles. The number of hydrogen-bond acceptors (Lipinski definition) is 8. The van der Waals surface area contributed by atoms with Gasteiger partial charge in [-0.25, -0.2) is 9.97 Å². The molecule has 3 aromatic heterocycles. The molecule has 5 rings (SSSR count). The first-order valence-electron chi connectivity index (χ1n) is 10.1. The normalized spacial score (nSPS) is 15.0. The van der Waals surface area contributed by atoms with Crippen LogP contribution in [0.2, 0.25) is 0 Å². The lowest BCUT2D eigenvalue weighted by atomic mass is 10.1. The number of primary amides is 1. The lowest BCUT2D eigenvalue weighted by Gasteiger charge is -2.25. The van der Waals surface area contributed by atoms with Crippen molar-refractivity contribution in [2.75, 3.05) is 31.6 Å². The number of aromatic amines is 1. The summed E-state index contributed by atoms with van der Waals surface area (Å²) in [6.07, 6.45) is 0. The van der Waals surface area contributed by atoms with Gasteiger partial charge in [0.15, 0.2) is 5.69 Å². The third kappa shape index (κ3) is 3.73. The Morgan fingerprint density at radius 2 is 2.10 bits per heavy atom. The number of aromatic nitrogens is 4. The average Bonchev–Trinajstić information content (AvgIpc) is 3.29. The minimum atomic E-state index is -0.565. The third-order valence-corrected chi connectivity index (χ3v) is 6.70. The molecule has 4 heterocycles. The number of ether oxygens (including phenoxy) is 1. The van der Waals surface area contributed by atoms with Crippen LogP contribution in [0.1, 0.15) is 26.8 Å². The summed E-state index contributed by atoms with van der Waals surface area (Å²) in [5.74, 6) is 0.976. The van der Waals surface area contributed by atoms with E-state index in [1.165, 1.54) is 10.4 Å². The number of anilines is 2. The summed E-state index contributed by atoms with van der Waals surface area (Å²) in [6, 6.07) is 5.66. The number of nitrogens with two attached hydrogens (primary N) is 1. The Morgan fingerprint density at radius 3 is 2.87 bits per heavy atom. The van der Waals surface area contributed by atoms with Crippen molar-refractivity contribution >= 4 is 49.9 Å². The van der Waals surface area contributed by atoms with Gasteiger partial charge in [-0.15, -0.1) is 11.3 Å². The van der Waals surface area contributed by atoms with Crippen molar-refractivity contribution in [3.8, 4) is 0 Å². The molecule has 31 heavy (non-hydrogen) atoms. The molecule has 0 radical (unpaired) electrons. The summed E-state index contributed by atoms with van der Waals surface area (Å²) in [5.41, 5.74) is 8.41. The fourth-order valence-electron chi connectivity index (χ4n) is 3.83. The Hall–Kier alpha value is -3.08. The monoisotopic (exact) mass is 437 g/mol. The highest BCUT2D eigenvalue weighted by Gasteiger charge is 2.18. The van der Waals surface area contributed by atoms with Gasteiger partial charge in [0.1, 0.15) is 16.5 Å². The molecule has 10 heteroatoms. The van der Waals surface area contributed by atoms with Gasteiger partial charge in [-0.3, -0.25) is 14.8 Å². The molecule has 9 nitrogen and oxygen atoms in total. The van der Waals surface area contributed by atoms with Crippen LogP contribution in [0.5, 0.6) is 0 Å². The van der Waals surface area contributed by atoms with Crippen LogP contribution in [0.3, 0.4) is 0 Å². The van der Waals surface area contributed by atoms with Gasteiger partial charge in [0.25, 0.3) is 5.91 Å². The second kappa shape index (κ2) is 7.88. The van der Waals surface area contributed by atoms with Crippen LogP contribution in [0, 0.1) is 13.8 Å². The minimum Gasteiger partial charge on any atom is -0.379 e. The molecule has 1 aliphatic rings. The van der Waals surface area contributed by atoms with Crippen LogP contribution < -0.4 is 11.1 Å². The number of thiophene rings is 1. The second-order valence-corrected chi connectivity index (χ2v) is 8.87. The molecule has 0 spiro atoms. The number of morpholine rings is 1. The first-order chi connectivity index (χ1) is 15.0. The van der Waals surface area contributed by atoms with Crippen LogP contribution in [0.25, 0.3) is 21.1 Å². The van der Waals surface area contributed by atoms with E-state index in [1.807, 2.05) is 18.2 Å². The number of rotatable bonds is 5. The van der Waals surface area contributed by atoms with Gasteiger partial charge < -0.3 is 15.8 Å². The molecule has 4 aromatic rings. The van der Waals surface area contributed by atoms with E-state index in [9.17, 15) is 4.79 Å². The third-order valence-electron chi connectivity index (χ3n) is 5.60. The van der Waals surface area contributed by atoms with Crippen LogP contribution >= 0.6 is 11.3 Å². The zero-order valence-corrected chi connectivity index (χ0v) is 18.2. The number of H-pyrrole nitrogens is 1. The molecule has 1 saturated heterocycles. The summed E-state index contributed by atoms with van der Waals surface area (Å²) in [6.45, 7) is 8.09. The Balaban J connectivity index is 1.55. The number of amides is 1. The maximum atomic E-state index is 11.7. The molecule has 0 bridgehead atoms. The van der Waals surface area contributed by atoms with Crippen molar-refractivity contribution in [1.82, 2.24) is 25.1 Å². The highest BCUT2D eigenvalue weighted by molar-refractivity contribution is 7.18. The molecule has 0 unspecified atom stereocenters. The van der Waals surface area contributed by atoms with Gasteiger partial charge in [0, 0.05) is 29.0 Å². The van der Waals surface area contributed by atoms with Crippen molar-refractivity contribution in [2.24, 2.45) is 5.73 Å². The molecule has 0 atom stereocenters. The lowest BCUT2D eigenvalue weighted by Crippen LogP contribution is -2.36. The number of nitrogens with zero attached hydrogens (tertiary/aromatic N) is 4. The molecule has 160 valence electrons. The largest absolute Gasteiger partial charge is 0.379 e. The summed E-state index contributed by atoms with van der Waals surface area (Å²) >= 11 is 1.68. The van der Waals surface area contributed by atoms with E-state index in [1.54, 1.807) is 11.3 Å². The zero-order chi connectivity index (χ0) is 21.5. The predicted molar refractivity (Wildman–Crippen MR) is 121 cm³/mol. The van der Waals surface area contributed by atoms with Crippen molar-refractivity contribution in [1.29, 1.82) is 0 Å². The molecule has 1 aromatic carbocycles. The van der Waals surface area contributed by atoms with Gasteiger partial charge >= 0.3 is 0 Å². The molecule has 0 saturated carbocycles. The number of fused-ring (bicyclic) bond motifs is 2. The molecular formula is C21H23N7O2S. The van der Waals surface area contributed by atoms with Crippen molar-refractivity contribution in [2.45, 2.75) is 20.4 Å². The zero-order valence-electron chi connectivity index (χ0n) is 17.4. The maximum Gasteiger partial charge on any atom is 0.269 e. The summed E-state index contributed by atoms with van der Waals surface area (Å²) in [5, 5.41) is 12.0. The quantitative estimate of drug-likeness (QED) is 0.439. The number of carbonyl (C=O) groups is 1. The highest BCUT2D eigenvalue weighted by atomic mass is 32.1. The van der Waals surface area contributed by atoms with E-state index in [-0.39, 0.29) is 5.69 Å². The summed E-state index contributed by atoms with van der Waals surface area (Å²) in [4.78, 5) is 25.9. The standard InChI is InChI=1S/C21H23N7O2S/c1-11-12(2)31-21-17(11)20(24-16(25-21)10-28-5-7-30-8-6-28)23-13-3-4-15-14(9-13)18(19(22)29)27-26-15/h3-4,9H,5-8,10H2,1-2H3,(H2,22,29)(H,26,27)(H,23,24,25). The fourth-order valence-corrected chi connectivity index (χ4v) is 4.88. The average molecular weight is 438 g/mol. The van der Waals surface area contributed by atoms with E-state index in [0.29, 0.717) is 11.9 Å². The Bertz CT molecular complexity index is 1290. The van der Waals surface area contributed by atoms with Crippen molar-refractivity contribution in [3.63, 3.8) is 0 Å². The first-order valence-corrected chi connectivity index (χ1v) is 10.9. The van der Waals surface area contributed by atoms with Gasteiger partial charge in [-0.1, -0.05) is 0 Å². The van der Waals surface area contributed by atoms with Gasteiger partial charge in [-0.2, -0.15) is 5.10 Å². The van der Waals surface area contributed by atoms with E-state index < -0.39 is 5.91 Å². The van der Waals surface area contributed by atoms with E-state index in [0.717, 1.165) is 59.4 Å². The van der Waals surface area contributed by atoms with Crippen molar-refractivity contribution < 1.29 is 9.53 Å². The topological polar surface area (TPSA) is 122 Å². The number of aryl methyl sites for hydroxylation is 2. The van der Waals surface area contributed by atoms with Gasteiger partial charge in [0.2, 0.25) is 0 Å². The molecule has 1 amide bonds. The van der Waals surface area contributed by atoms with Gasteiger partial charge in [-0.05, 0) is 37.6 Å². The highest BCUT2D eigenvalue weighted by Crippen LogP contribution is 2.35. The SMILES string of the molecule is Cc1sc2nc(CN3CCOCC3)nc(Nc3ccc4[nH]nc(C(N)=O)c4c3)c2c1C. The van der Waals surface area contributed by atoms with Gasteiger partial charge in [0.05, 0.1) is 30.7 Å². The first kappa shape index (κ1) is 19.9. The molecule has 4 N–H and O–H groups in total. The summed E-state index contributed by atoms with van der Waals surface area (Å²) in [7, 11) is 0. The van der Waals surface area contributed by atoms with E-state index in [2.05, 4.69) is 34.3 Å². The van der Waals surface area contributed by atoms with Crippen LogP contribution in [-0.4, -0.2) is 57.3 Å².